The number of halogens is 4. The van der Waals surface area contributed by atoms with Crippen molar-refractivity contribution in [2.24, 2.45) is 0 Å². The second-order valence-corrected chi connectivity index (χ2v) is 7.87. The van der Waals surface area contributed by atoms with E-state index in [1.54, 1.807) is 17.4 Å². The van der Waals surface area contributed by atoms with Gasteiger partial charge in [-0.05, 0) is 68.1 Å². The quantitative estimate of drug-likeness (QED) is 0.485. The maximum Gasteiger partial charge on any atom is 0.123 e. The zero-order valence-corrected chi connectivity index (χ0v) is 14.4. The molecule has 1 heterocycles. The van der Waals surface area contributed by atoms with Gasteiger partial charge >= 0.3 is 0 Å². The molecule has 0 aliphatic heterocycles. The molecule has 2 aromatic rings. The van der Waals surface area contributed by atoms with Crippen LogP contribution in [0.25, 0.3) is 0 Å². The Morgan fingerprint density at radius 2 is 1.88 bits per heavy atom. The lowest BCUT2D eigenvalue weighted by molar-refractivity contribution is 0.624. The molecule has 0 N–H and O–H groups in total. The van der Waals surface area contributed by atoms with Crippen LogP contribution in [0.2, 0.25) is 0 Å². The lowest BCUT2D eigenvalue weighted by Gasteiger charge is -2.09. The van der Waals surface area contributed by atoms with Crippen molar-refractivity contribution in [3.63, 3.8) is 0 Å². The second-order valence-electron chi connectivity index (χ2n) is 3.69. The van der Waals surface area contributed by atoms with Crippen LogP contribution in [-0.2, 0) is 0 Å². The van der Waals surface area contributed by atoms with E-state index in [-0.39, 0.29) is 10.6 Å². The van der Waals surface area contributed by atoms with E-state index in [1.807, 2.05) is 19.1 Å². The van der Waals surface area contributed by atoms with Crippen molar-refractivity contribution in [2.75, 3.05) is 0 Å². The largest absolute Gasteiger partial charge is 0.207 e. The molecular weight excluding hydrogens is 435 g/mol. The van der Waals surface area contributed by atoms with Gasteiger partial charge in [-0.25, -0.2) is 4.39 Å². The molecular formula is C12H8Br3FS. The van der Waals surface area contributed by atoms with Gasteiger partial charge in [0.15, 0.2) is 0 Å². The highest BCUT2D eigenvalue weighted by Crippen LogP contribution is 2.41. The molecule has 2 rings (SSSR count). The van der Waals surface area contributed by atoms with Crippen molar-refractivity contribution in [3.8, 4) is 0 Å². The Balaban J connectivity index is 2.39. The molecule has 0 aliphatic carbocycles. The van der Waals surface area contributed by atoms with E-state index < -0.39 is 0 Å². The fourth-order valence-corrected chi connectivity index (χ4v) is 4.34. The van der Waals surface area contributed by atoms with Gasteiger partial charge in [0.05, 0.1) is 8.61 Å². The third-order valence-electron chi connectivity index (χ3n) is 2.27. The molecule has 1 atom stereocenters. The Morgan fingerprint density at radius 1 is 1.18 bits per heavy atom. The summed E-state index contributed by atoms with van der Waals surface area (Å²) in [4.78, 5) is 1.15. The third kappa shape index (κ3) is 3.19. The zero-order valence-electron chi connectivity index (χ0n) is 8.81. The average molecular weight is 443 g/mol. The first-order valence-corrected chi connectivity index (χ1v) is 8.15. The molecule has 0 saturated carbocycles. The molecule has 17 heavy (non-hydrogen) atoms. The highest BCUT2D eigenvalue weighted by atomic mass is 79.9. The Bertz CT molecular complexity index is 511. The zero-order chi connectivity index (χ0) is 12.6. The number of hydrogen-bond donors (Lipinski definition) is 0. The van der Waals surface area contributed by atoms with Gasteiger partial charge < -0.3 is 0 Å². The number of aryl methyl sites for hydroxylation is 1. The number of benzene rings is 1. The molecule has 5 heteroatoms. The van der Waals surface area contributed by atoms with E-state index >= 15 is 0 Å². The molecule has 0 spiro atoms. The van der Waals surface area contributed by atoms with E-state index in [0.717, 1.165) is 24.3 Å². The number of alkyl halides is 1. The Labute approximate surface area is 129 Å². The summed E-state index contributed by atoms with van der Waals surface area (Å²) >= 11 is 12.2. The van der Waals surface area contributed by atoms with Gasteiger partial charge in [-0.3, -0.25) is 0 Å². The van der Waals surface area contributed by atoms with Gasteiger partial charge in [0.2, 0.25) is 0 Å². The smallest absolute Gasteiger partial charge is 0.123 e. The SMILES string of the molecule is Cc1cc(F)cc(C(Br)c2cc(Br)c(Br)s2)c1. The summed E-state index contributed by atoms with van der Waals surface area (Å²) in [5.74, 6) is -0.195. The molecule has 0 saturated heterocycles. The number of hydrogen-bond acceptors (Lipinski definition) is 1. The molecule has 1 aromatic carbocycles. The summed E-state index contributed by atoms with van der Waals surface area (Å²) in [5.41, 5.74) is 1.86. The molecule has 0 bridgehead atoms. The van der Waals surface area contributed by atoms with Crippen molar-refractivity contribution in [1.29, 1.82) is 0 Å². The number of thiophene rings is 1. The second kappa shape index (κ2) is 5.51. The minimum absolute atomic E-state index is 0.0181. The highest BCUT2D eigenvalue weighted by Gasteiger charge is 2.15. The normalized spacial score (nSPS) is 12.8. The van der Waals surface area contributed by atoms with Crippen LogP contribution < -0.4 is 0 Å². The molecule has 0 fully saturated rings. The van der Waals surface area contributed by atoms with Crippen molar-refractivity contribution in [1.82, 2.24) is 0 Å². The minimum atomic E-state index is -0.195. The molecule has 1 unspecified atom stereocenters. The molecule has 1 aromatic heterocycles. The van der Waals surface area contributed by atoms with Crippen LogP contribution in [0.15, 0.2) is 32.5 Å². The number of rotatable bonds is 2. The monoisotopic (exact) mass is 440 g/mol. The standard InChI is InChI=1S/C12H8Br3FS/c1-6-2-7(4-8(16)3-6)11(14)10-5-9(13)12(15)17-10/h2-5,11H,1H3. The fourth-order valence-electron chi connectivity index (χ4n) is 1.56. The predicted molar refractivity (Wildman–Crippen MR) is 81.6 cm³/mol. The third-order valence-corrected chi connectivity index (χ3v) is 6.92. The maximum atomic E-state index is 13.4. The van der Waals surface area contributed by atoms with Gasteiger partial charge in [0.1, 0.15) is 5.82 Å². The average Bonchev–Trinajstić information content (AvgIpc) is 2.57. The van der Waals surface area contributed by atoms with Crippen LogP contribution >= 0.6 is 59.1 Å². The summed E-state index contributed by atoms with van der Waals surface area (Å²) in [5, 5.41) is 0. The molecule has 0 amide bonds. The van der Waals surface area contributed by atoms with Gasteiger partial charge in [-0.15, -0.1) is 11.3 Å². The van der Waals surface area contributed by atoms with E-state index in [9.17, 15) is 4.39 Å². The molecule has 0 aliphatic rings. The van der Waals surface area contributed by atoms with Crippen molar-refractivity contribution in [2.45, 2.75) is 11.8 Å². The van der Waals surface area contributed by atoms with Crippen LogP contribution in [0.3, 0.4) is 0 Å². The van der Waals surface area contributed by atoms with E-state index in [1.165, 1.54) is 6.07 Å². The van der Waals surface area contributed by atoms with Crippen molar-refractivity contribution >= 4 is 59.1 Å². The first-order chi connectivity index (χ1) is 7.97. The Hall–Kier alpha value is 0.290. The van der Waals surface area contributed by atoms with Gasteiger partial charge in [-0.1, -0.05) is 22.0 Å². The van der Waals surface area contributed by atoms with Crippen LogP contribution in [0.4, 0.5) is 4.39 Å². The first-order valence-electron chi connectivity index (χ1n) is 4.83. The Kier molecular flexibility index (Phi) is 4.45. The van der Waals surface area contributed by atoms with E-state index in [4.69, 9.17) is 0 Å². The van der Waals surface area contributed by atoms with Crippen LogP contribution in [0.1, 0.15) is 20.8 Å². The molecule has 0 nitrogen and oxygen atoms in total. The summed E-state index contributed by atoms with van der Waals surface area (Å²) in [6.07, 6.45) is 0. The minimum Gasteiger partial charge on any atom is -0.207 e. The van der Waals surface area contributed by atoms with E-state index in [2.05, 4.69) is 47.8 Å². The topological polar surface area (TPSA) is 0 Å². The molecule has 0 radical (unpaired) electrons. The lowest BCUT2D eigenvalue weighted by atomic mass is 10.1. The van der Waals surface area contributed by atoms with Crippen LogP contribution in [0, 0.1) is 12.7 Å². The first kappa shape index (κ1) is 13.7. The summed E-state index contributed by atoms with van der Waals surface area (Å²) in [7, 11) is 0. The van der Waals surface area contributed by atoms with E-state index in [0.29, 0.717) is 0 Å². The van der Waals surface area contributed by atoms with Crippen LogP contribution in [0.5, 0.6) is 0 Å². The summed E-state index contributed by atoms with van der Waals surface area (Å²) in [6.45, 7) is 1.90. The van der Waals surface area contributed by atoms with Gasteiger partial charge in [-0.2, -0.15) is 0 Å². The van der Waals surface area contributed by atoms with Crippen LogP contribution in [-0.4, -0.2) is 0 Å². The lowest BCUT2D eigenvalue weighted by Crippen LogP contribution is -1.92. The molecule has 90 valence electrons. The highest BCUT2D eigenvalue weighted by molar-refractivity contribution is 9.13. The van der Waals surface area contributed by atoms with Gasteiger partial charge in [0.25, 0.3) is 0 Å². The van der Waals surface area contributed by atoms with Gasteiger partial charge in [0, 0.05) is 9.35 Å². The fraction of sp³-hybridized carbons (Fsp3) is 0.167. The van der Waals surface area contributed by atoms with Crippen molar-refractivity contribution < 1.29 is 4.39 Å². The maximum absolute atomic E-state index is 13.4. The predicted octanol–water partition coefficient (Wildman–Crippen LogP) is 6.20. The Morgan fingerprint density at radius 3 is 2.41 bits per heavy atom. The summed E-state index contributed by atoms with van der Waals surface area (Å²) in [6, 6.07) is 7.12. The summed E-state index contributed by atoms with van der Waals surface area (Å²) < 4.78 is 15.4. The van der Waals surface area contributed by atoms with Crippen molar-refractivity contribution in [3.05, 3.63) is 54.3 Å².